The van der Waals surface area contributed by atoms with Crippen molar-refractivity contribution in [1.29, 1.82) is 5.26 Å². The van der Waals surface area contributed by atoms with Gasteiger partial charge in [-0.3, -0.25) is 14.4 Å². The van der Waals surface area contributed by atoms with Gasteiger partial charge in [-0.1, -0.05) is 11.8 Å². The third kappa shape index (κ3) is 5.18. The number of nitrogens with one attached hydrogen (secondary N) is 1. The summed E-state index contributed by atoms with van der Waals surface area (Å²) in [6.45, 7) is 1.76. The number of hydrogen-bond donors (Lipinski definition) is 1. The van der Waals surface area contributed by atoms with E-state index < -0.39 is 18.5 Å². The Hall–Kier alpha value is -2.18. The van der Waals surface area contributed by atoms with E-state index in [1.54, 1.807) is 25.1 Å². The first-order valence-corrected chi connectivity index (χ1v) is 8.83. The van der Waals surface area contributed by atoms with Crippen molar-refractivity contribution in [3.8, 4) is 5.40 Å². The Morgan fingerprint density at radius 3 is 2.92 bits per heavy atom. The van der Waals surface area contributed by atoms with Crippen LogP contribution in [0.15, 0.2) is 23.1 Å². The molecule has 2 amide bonds. The summed E-state index contributed by atoms with van der Waals surface area (Å²) in [5, 5.41) is 13.1. The fourth-order valence-electron chi connectivity index (χ4n) is 2.00. The largest absolute Gasteiger partial charge is 0.454 e. The highest BCUT2D eigenvalue weighted by Gasteiger charge is 2.24. The number of ether oxygens (including phenoxy) is 1. The highest BCUT2D eigenvalue weighted by molar-refractivity contribution is 8.13. The molecule has 9 heteroatoms. The zero-order valence-corrected chi connectivity index (χ0v) is 14.5. The summed E-state index contributed by atoms with van der Waals surface area (Å²) in [6.07, 6.45) is 0. The average Bonchev–Trinajstić information content (AvgIpc) is 2.93. The van der Waals surface area contributed by atoms with E-state index in [0.717, 1.165) is 34.0 Å². The molecule has 0 bridgehead atoms. The first kappa shape index (κ1) is 18.2. The maximum absolute atomic E-state index is 11.9. The van der Waals surface area contributed by atoms with Crippen LogP contribution in [0.2, 0.25) is 0 Å². The summed E-state index contributed by atoms with van der Waals surface area (Å²) < 4.78 is 4.89. The van der Waals surface area contributed by atoms with Crippen molar-refractivity contribution in [2.24, 2.45) is 0 Å². The molecule has 1 aliphatic heterocycles. The molecule has 0 aliphatic carbocycles. The number of carbonyl (C=O) groups is 3. The van der Waals surface area contributed by atoms with Gasteiger partial charge in [0.05, 0.1) is 0 Å². The van der Waals surface area contributed by atoms with E-state index in [1.165, 1.54) is 4.90 Å². The van der Waals surface area contributed by atoms with Gasteiger partial charge in [0.25, 0.3) is 11.1 Å². The lowest BCUT2D eigenvalue weighted by molar-refractivity contribution is -0.147. The highest BCUT2D eigenvalue weighted by atomic mass is 32.2. The molecule has 1 saturated heterocycles. The zero-order chi connectivity index (χ0) is 17.5. The van der Waals surface area contributed by atoms with Gasteiger partial charge < -0.3 is 15.0 Å². The molecule has 0 atom stereocenters. The number of carbonyl (C=O) groups excluding carboxylic acids is 3. The van der Waals surface area contributed by atoms with Crippen molar-refractivity contribution >= 4 is 46.3 Å². The maximum atomic E-state index is 11.9. The van der Waals surface area contributed by atoms with Gasteiger partial charge in [0.2, 0.25) is 0 Å². The van der Waals surface area contributed by atoms with Gasteiger partial charge >= 0.3 is 5.97 Å². The van der Waals surface area contributed by atoms with Crippen LogP contribution in [0.5, 0.6) is 0 Å². The Morgan fingerprint density at radius 2 is 2.29 bits per heavy atom. The van der Waals surface area contributed by atoms with Crippen LogP contribution in [0.1, 0.15) is 5.56 Å². The van der Waals surface area contributed by atoms with E-state index in [4.69, 9.17) is 10.00 Å². The van der Waals surface area contributed by atoms with E-state index in [-0.39, 0.29) is 11.8 Å². The number of hydrogen-bond acceptors (Lipinski definition) is 7. The van der Waals surface area contributed by atoms with Crippen molar-refractivity contribution < 1.29 is 19.1 Å². The third-order valence-corrected chi connectivity index (χ3v) is 4.64. The summed E-state index contributed by atoms with van der Waals surface area (Å²) in [5.41, 5.74) is 1.39. The highest BCUT2D eigenvalue weighted by Crippen LogP contribution is 2.23. The smallest absolute Gasteiger partial charge is 0.326 e. The molecule has 0 saturated carbocycles. The molecule has 1 fully saturated rings. The van der Waals surface area contributed by atoms with Crippen LogP contribution in [-0.4, -0.2) is 47.5 Å². The summed E-state index contributed by atoms with van der Waals surface area (Å²) in [7, 11) is 0. The monoisotopic (exact) mass is 365 g/mol. The number of nitriles is 1. The van der Waals surface area contributed by atoms with Crippen LogP contribution < -0.4 is 5.32 Å². The minimum absolute atomic E-state index is 0.141. The van der Waals surface area contributed by atoms with E-state index >= 15 is 0 Å². The first-order valence-electron chi connectivity index (χ1n) is 7.03. The Labute approximate surface area is 147 Å². The zero-order valence-electron chi connectivity index (χ0n) is 12.9. The van der Waals surface area contributed by atoms with Crippen LogP contribution in [0.3, 0.4) is 0 Å². The van der Waals surface area contributed by atoms with Crippen LogP contribution in [0.4, 0.5) is 10.5 Å². The number of thiocyanates is 1. The number of amides is 2. The fraction of sp³-hybridized carbons (Fsp3) is 0.333. The van der Waals surface area contributed by atoms with Gasteiger partial charge in [-0.2, -0.15) is 5.26 Å². The SMILES string of the molecule is Cc1cc(SC#N)ccc1NC(=O)COC(=O)CN1CCSC1=O. The number of aryl methyl sites for hydroxylation is 1. The number of rotatable bonds is 6. The number of esters is 1. The Kier molecular flexibility index (Phi) is 6.52. The number of thioether (sulfide) groups is 2. The molecule has 2 rings (SSSR count). The van der Waals surface area contributed by atoms with Crippen LogP contribution in [-0.2, 0) is 14.3 Å². The summed E-state index contributed by atoms with van der Waals surface area (Å²) >= 11 is 2.19. The second-order valence-electron chi connectivity index (χ2n) is 4.91. The summed E-state index contributed by atoms with van der Waals surface area (Å²) in [6, 6.07) is 5.19. The number of benzene rings is 1. The Balaban J connectivity index is 1.79. The van der Waals surface area contributed by atoms with Crippen LogP contribution in [0.25, 0.3) is 0 Å². The molecule has 1 N–H and O–H groups in total. The standard InChI is InChI=1S/C15H15N3O4S2/c1-10-6-11(24-9-16)2-3-12(10)17-13(19)8-22-14(20)7-18-4-5-23-15(18)21/h2-3,6H,4-5,7-8H2,1H3,(H,17,19). The molecular weight excluding hydrogens is 350 g/mol. The minimum atomic E-state index is -0.613. The third-order valence-electron chi connectivity index (χ3n) is 3.16. The van der Waals surface area contributed by atoms with Crippen molar-refractivity contribution in [3.05, 3.63) is 23.8 Å². The number of anilines is 1. The van der Waals surface area contributed by atoms with Crippen molar-refractivity contribution in [3.63, 3.8) is 0 Å². The van der Waals surface area contributed by atoms with Gasteiger partial charge in [-0.15, -0.1) is 0 Å². The Morgan fingerprint density at radius 1 is 1.50 bits per heavy atom. The van der Waals surface area contributed by atoms with Crippen LogP contribution >= 0.6 is 23.5 Å². The summed E-state index contributed by atoms with van der Waals surface area (Å²) in [4.78, 5) is 37.1. The second kappa shape index (κ2) is 8.61. The van der Waals surface area contributed by atoms with E-state index in [1.807, 2.05) is 5.40 Å². The molecule has 24 heavy (non-hydrogen) atoms. The topological polar surface area (TPSA) is 99.5 Å². The molecule has 126 valence electrons. The molecule has 1 heterocycles. The minimum Gasteiger partial charge on any atom is -0.454 e. The van der Waals surface area contributed by atoms with Crippen LogP contribution in [0, 0.1) is 17.6 Å². The van der Waals surface area contributed by atoms with Gasteiger partial charge in [-0.05, 0) is 42.4 Å². The molecule has 1 aliphatic rings. The molecule has 0 unspecified atom stereocenters. The van der Waals surface area contributed by atoms with E-state index in [0.29, 0.717) is 18.0 Å². The predicted molar refractivity (Wildman–Crippen MR) is 91.7 cm³/mol. The summed E-state index contributed by atoms with van der Waals surface area (Å²) in [5.74, 6) is -0.417. The lowest BCUT2D eigenvalue weighted by Crippen LogP contribution is -2.32. The lowest BCUT2D eigenvalue weighted by Gasteiger charge is -2.13. The normalized spacial score (nSPS) is 13.5. The second-order valence-corrected chi connectivity index (χ2v) is 6.82. The van der Waals surface area contributed by atoms with Crippen molar-refractivity contribution in [2.45, 2.75) is 11.8 Å². The molecular formula is C15H15N3O4S2. The van der Waals surface area contributed by atoms with E-state index in [9.17, 15) is 14.4 Å². The van der Waals surface area contributed by atoms with E-state index in [2.05, 4.69) is 5.32 Å². The number of nitrogens with zero attached hydrogens (tertiary/aromatic N) is 2. The molecule has 0 spiro atoms. The maximum Gasteiger partial charge on any atom is 0.326 e. The average molecular weight is 365 g/mol. The lowest BCUT2D eigenvalue weighted by atomic mass is 10.2. The first-order chi connectivity index (χ1) is 11.5. The van der Waals surface area contributed by atoms with Gasteiger partial charge in [0.1, 0.15) is 11.9 Å². The molecule has 1 aromatic rings. The predicted octanol–water partition coefficient (Wildman–Crippen LogP) is 2.22. The van der Waals surface area contributed by atoms with Gasteiger partial charge in [0, 0.05) is 22.9 Å². The molecule has 0 aromatic heterocycles. The Bertz CT molecular complexity index is 702. The van der Waals surface area contributed by atoms with Crippen molar-refractivity contribution in [2.75, 3.05) is 30.8 Å². The fourth-order valence-corrected chi connectivity index (χ4v) is 3.30. The quantitative estimate of drug-likeness (QED) is 0.469. The van der Waals surface area contributed by atoms with Gasteiger partial charge in [-0.25, -0.2) is 0 Å². The van der Waals surface area contributed by atoms with Gasteiger partial charge in [0.15, 0.2) is 6.61 Å². The molecule has 1 aromatic carbocycles. The molecule has 0 radical (unpaired) electrons. The molecule has 7 nitrogen and oxygen atoms in total. The van der Waals surface area contributed by atoms with Crippen molar-refractivity contribution in [1.82, 2.24) is 4.90 Å².